The molecule has 0 atom stereocenters. The third kappa shape index (κ3) is 3.22. The standard InChI is InChI=1S/C15H25N3/c1-4-16-10-14-11-17-13(3)9-15(14)18-7-5-12(2)6-8-18/h9,11-12,16H,4-8,10H2,1-3H3. The van der Waals surface area contributed by atoms with E-state index in [1.807, 2.05) is 6.20 Å². The van der Waals surface area contributed by atoms with Crippen molar-refractivity contribution in [3.05, 3.63) is 23.5 Å². The first kappa shape index (κ1) is 13.3. The van der Waals surface area contributed by atoms with Crippen molar-refractivity contribution in [2.75, 3.05) is 24.5 Å². The fourth-order valence-electron chi connectivity index (χ4n) is 2.51. The lowest BCUT2D eigenvalue weighted by Crippen LogP contribution is -2.34. The van der Waals surface area contributed by atoms with Crippen molar-refractivity contribution >= 4 is 5.69 Å². The topological polar surface area (TPSA) is 28.2 Å². The van der Waals surface area contributed by atoms with Gasteiger partial charge in [-0.05, 0) is 38.3 Å². The molecule has 0 saturated carbocycles. The zero-order valence-electron chi connectivity index (χ0n) is 11.9. The van der Waals surface area contributed by atoms with Crippen molar-refractivity contribution in [2.45, 2.75) is 40.2 Å². The average Bonchev–Trinajstić information content (AvgIpc) is 2.38. The molecule has 1 N–H and O–H groups in total. The first-order valence-electron chi connectivity index (χ1n) is 7.12. The quantitative estimate of drug-likeness (QED) is 0.886. The molecule has 0 unspecified atom stereocenters. The molecule has 100 valence electrons. The molecule has 0 bridgehead atoms. The zero-order valence-corrected chi connectivity index (χ0v) is 11.9. The molecule has 0 aromatic carbocycles. The number of pyridine rings is 1. The van der Waals surface area contributed by atoms with Crippen LogP contribution in [0.25, 0.3) is 0 Å². The molecule has 1 aromatic heterocycles. The summed E-state index contributed by atoms with van der Waals surface area (Å²) in [4.78, 5) is 6.96. The van der Waals surface area contributed by atoms with Gasteiger partial charge in [-0.25, -0.2) is 0 Å². The van der Waals surface area contributed by atoms with Gasteiger partial charge in [-0.3, -0.25) is 4.98 Å². The smallest absolute Gasteiger partial charge is 0.0445 e. The van der Waals surface area contributed by atoms with E-state index in [9.17, 15) is 0 Å². The molecule has 1 saturated heterocycles. The maximum atomic E-state index is 4.44. The molecule has 1 fully saturated rings. The summed E-state index contributed by atoms with van der Waals surface area (Å²) in [5.74, 6) is 0.876. The lowest BCUT2D eigenvalue weighted by molar-refractivity contribution is 0.437. The van der Waals surface area contributed by atoms with Crippen LogP contribution in [0.4, 0.5) is 5.69 Å². The monoisotopic (exact) mass is 247 g/mol. The first-order chi connectivity index (χ1) is 8.70. The number of anilines is 1. The van der Waals surface area contributed by atoms with Gasteiger partial charge in [0.05, 0.1) is 0 Å². The molecule has 18 heavy (non-hydrogen) atoms. The zero-order chi connectivity index (χ0) is 13.0. The maximum absolute atomic E-state index is 4.44. The maximum Gasteiger partial charge on any atom is 0.0445 e. The van der Waals surface area contributed by atoms with Crippen molar-refractivity contribution < 1.29 is 0 Å². The Morgan fingerprint density at radius 3 is 2.78 bits per heavy atom. The third-order valence-corrected chi connectivity index (χ3v) is 3.79. The molecule has 3 heteroatoms. The van der Waals surface area contributed by atoms with Crippen LogP contribution in [-0.2, 0) is 6.54 Å². The van der Waals surface area contributed by atoms with Crippen LogP contribution in [0.15, 0.2) is 12.3 Å². The van der Waals surface area contributed by atoms with Crippen LogP contribution in [0.1, 0.15) is 37.9 Å². The van der Waals surface area contributed by atoms with Gasteiger partial charge in [0.1, 0.15) is 0 Å². The fourth-order valence-corrected chi connectivity index (χ4v) is 2.51. The summed E-state index contributed by atoms with van der Waals surface area (Å²) in [5.41, 5.74) is 3.83. The van der Waals surface area contributed by atoms with E-state index in [1.54, 1.807) is 0 Å². The number of hydrogen-bond donors (Lipinski definition) is 1. The second-order valence-electron chi connectivity index (χ2n) is 5.40. The van der Waals surface area contributed by atoms with E-state index in [2.05, 4.69) is 42.0 Å². The van der Waals surface area contributed by atoms with Gasteiger partial charge in [-0.2, -0.15) is 0 Å². The molecule has 2 heterocycles. The van der Waals surface area contributed by atoms with Gasteiger partial charge in [0.25, 0.3) is 0 Å². The van der Waals surface area contributed by atoms with Crippen LogP contribution in [0.2, 0.25) is 0 Å². The summed E-state index contributed by atoms with van der Waals surface area (Å²) in [6.07, 6.45) is 4.65. The average molecular weight is 247 g/mol. The Labute approximate surface area is 111 Å². The van der Waals surface area contributed by atoms with Gasteiger partial charge in [0, 0.05) is 42.8 Å². The number of hydrogen-bond acceptors (Lipinski definition) is 3. The van der Waals surface area contributed by atoms with Crippen LogP contribution in [0.3, 0.4) is 0 Å². The summed E-state index contributed by atoms with van der Waals surface area (Å²) >= 11 is 0. The summed E-state index contributed by atoms with van der Waals surface area (Å²) in [6.45, 7) is 10.9. The van der Waals surface area contributed by atoms with Gasteiger partial charge in [0.15, 0.2) is 0 Å². The molecule has 1 aliphatic heterocycles. The van der Waals surface area contributed by atoms with E-state index in [1.165, 1.54) is 37.2 Å². The second-order valence-corrected chi connectivity index (χ2v) is 5.40. The van der Waals surface area contributed by atoms with E-state index in [4.69, 9.17) is 0 Å². The largest absolute Gasteiger partial charge is 0.371 e. The van der Waals surface area contributed by atoms with Gasteiger partial charge in [-0.15, -0.1) is 0 Å². The molecule has 0 aliphatic carbocycles. The summed E-state index contributed by atoms with van der Waals surface area (Å²) in [7, 11) is 0. The minimum atomic E-state index is 0.876. The lowest BCUT2D eigenvalue weighted by Gasteiger charge is -2.33. The summed E-state index contributed by atoms with van der Waals surface area (Å²) in [5, 5.41) is 3.41. The molecule has 1 aliphatic rings. The highest BCUT2D eigenvalue weighted by molar-refractivity contribution is 5.54. The molecule has 2 rings (SSSR count). The summed E-state index contributed by atoms with van der Waals surface area (Å²) < 4.78 is 0. The van der Waals surface area contributed by atoms with Crippen molar-refractivity contribution in [1.82, 2.24) is 10.3 Å². The number of nitrogens with zero attached hydrogens (tertiary/aromatic N) is 2. The number of piperidine rings is 1. The normalized spacial score (nSPS) is 17.2. The number of aryl methyl sites for hydroxylation is 1. The van der Waals surface area contributed by atoms with Gasteiger partial charge in [-0.1, -0.05) is 13.8 Å². The van der Waals surface area contributed by atoms with Crippen molar-refractivity contribution in [2.24, 2.45) is 5.92 Å². The SMILES string of the molecule is CCNCc1cnc(C)cc1N1CCC(C)CC1. The minimum Gasteiger partial charge on any atom is -0.371 e. The fraction of sp³-hybridized carbons (Fsp3) is 0.667. The Balaban J connectivity index is 2.16. The first-order valence-corrected chi connectivity index (χ1v) is 7.12. The molecular formula is C15H25N3. The molecular weight excluding hydrogens is 222 g/mol. The van der Waals surface area contributed by atoms with E-state index >= 15 is 0 Å². The Morgan fingerprint density at radius 1 is 1.39 bits per heavy atom. The summed E-state index contributed by atoms with van der Waals surface area (Å²) in [6, 6.07) is 2.24. The highest BCUT2D eigenvalue weighted by Crippen LogP contribution is 2.26. The lowest BCUT2D eigenvalue weighted by atomic mass is 9.98. The van der Waals surface area contributed by atoms with E-state index in [0.29, 0.717) is 0 Å². The predicted molar refractivity (Wildman–Crippen MR) is 77.0 cm³/mol. The van der Waals surface area contributed by atoms with Crippen LogP contribution in [0, 0.1) is 12.8 Å². The van der Waals surface area contributed by atoms with Crippen molar-refractivity contribution in [3.8, 4) is 0 Å². The Kier molecular flexibility index (Phi) is 4.59. The highest BCUT2D eigenvalue weighted by atomic mass is 15.1. The van der Waals surface area contributed by atoms with E-state index in [0.717, 1.165) is 24.7 Å². The minimum absolute atomic E-state index is 0.876. The number of aromatic nitrogens is 1. The van der Waals surface area contributed by atoms with E-state index in [-0.39, 0.29) is 0 Å². The van der Waals surface area contributed by atoms with Crippen molar-refractivity contribution in [1.29, 1.82) is 0 Å². The number of rotatable bonds is 4. The number of nitrogens with one attached hydrogen (secondary N) is 1. The van der Waals surface area contributed by atoms with Gasteiger partial charge in [0.2, 0.25) is 0 Å². The van der Waals surface area contributed by atoms with Gasteiger partial charge < -0.3 is 10.2 Å². The van der Waals surface area contributed by atoms with Crippen LogP contribution >= 0.6 is 0 Å². The molecule has 0 amide bonds. The van der Waals surface area contributed by atoms with Gasteiger partial charge >= 0.3 is 0 Å². The van der Waals surface area contributed by atoms with Crippen molar-refractivity contribution in [3.63, 3.8) is 0 Å². The Hall–Kier alpha value is -1.09. The second kappa shape index (κ2) is 6.19. The Morgan fingerprint density at radius 2 is 2.11 bits per heavy atom. The molecule has 0 radical (unpaired) electrons. The molecule has 0 spiro atoms. The Bertz CT molecular complexity index is 381. The molecule has 3 nitrogen and oxygen atoms in total. The highest BCUT2D eigenvalue weighted by Gasteiger charge is 2.18. The molecule has 1 aromatic rings. The predicted octanol–water partition coefficient (Wildman–Crippen LogP) is 2.74. The third-order valence-electron chi connectivity index (χ3n) is 3.79. The van der Waals surface area contributed by atoms with Crippen LogP contribution in [-0.4, -0.2) is 24.6 Å². The van der Waals surface area contributed by atoms with Crippen LogP contribution in [0.5, 0.6) is 0 Å². The van der Waals surface area contributed by atoms with Crippen LogP contribution < -0.4 is 10.2 Å². The van der Waals surface area contributed by atoms with E-state index < -0.39 is 0 Å².